The van der Waals surface area contributed by atoms with E-state index in [2.05, 4.69) is 15.3 Å². The molecule has 0 bridgehead atoms. The summed E-state index contributed by atoms with van der Waals surface area (Å²) in [6, 6.07) is 0. The van der Waals surface area contributed by atoms with Gasteiger partial charge in [0.05, 0.1) is 24.7 Å². The van der Waals surface area contributed by atoms with Gasteiger partial charge >= 0.3 is 0 Å². The number of aliphatic hydroxyl groups is 1. The van der Waals surface area contributed by atoms with Crippen molar-refractivity contribution in [3.05, 3.63) is 18.7 Å². The standard InChI is InChI=1S/C12H19N3O/c16-9-12(4-2-1-3-5-12)8-15-11-6-13-10-14-7-11/h6-7,10,15-16H,1-5,8-9H2. The van der Waals surface area contributed by atoms with Crippen LogP contribution in [-0.4, -0.2) is 28.2 Å². The zero-order valence-electron chi connectivity index (χ0n) is 9.52. The smallest absolute Gasteiger partial charge is 0.115 e. The van der Waals surface area contributed by atoms with Crippen LogP contribution in [0, 0.1) is 5.41 Å². The van der Waals surface area contributed by atoms with Crippen LogP contribution in [0.25, 0.3) is 0 Å². The number of hydrogen-bond donors (Lipinski definition) is 2. The molecule has 88 valence electrons. The van der Waals surface area contributed by atoms with Crippen molar-refractivity contribution in [1.82, 2.24) is 9.97 Å². The van der Waals surface area contributed by atoms with E-state index in [0.29, 0.717) is 0 Å². The molecule has 2 rings (SSSR count). The molecule has 1 aromatic rings. The van der Waals surface area contributed by atoms with Crippen molar-refractivity contribution in [3.8, 4) is 0 Å². The first-order valence-corrected chi connectivity index (χ1v) is 5.94. The van der Waals surface area contributed by atoms with Crippen molar-refractivity contribution in [2.75, 3.05) is 18.5 Å². The second kappa shape index (κ2) is 5.25. The van der Waals surface area contributed by atoms with E-state index in [-0.39, 0.29) is 12.0 Å². The third-order valence-electron chi connectivity index (χ3n) is 3.48. The summed E-state index contributed by atoms with van der Waals surface area (Å²) in [6.45, 7) is 1.09. The zero-order valence-corrected chi connectivity index (χ0v) is 9.52. The van der Waals surface area contributed by atoms with Crippen molar-refractivity contribution < 1.29 is 5.11 Å². The van der Waals surface area contributed by atoms with Gasteiger partial charge in [0.2, 0.25) is 0 Å². The number of aromatic nitrogens is 2. The minimum atomic E-state index is 0.0636. The molecule has 2 N–H and O–H groups in total. The van der Waals surface area contributed by atoms with Gasteiger partial charge in [-0.15, -0.1) is 0 Å². The summed E-state index contributed by atoms with van der Waals surface area (Å²) in [6.07, 6.45) is 11.0. The predicted octanol–water partition coefficient (Wildman–Crippen LogP) is 1.83. The molecule has 16 heavy (non-hydrogen) atoms. The summed E-state index contributed by atoms with van der Waals surface area (Å²) >= 11 is 0. The molecule has 1 aliphatic carbocycles. The maximum atomic E-state index is 9.55. The van der Waals surface area contributed by atoms with Gasteiger partial charge in [0.15, 0.2) is 0 Å². The highest BCUT2D eigenvalue weighted by Gasteiger charge is 2.30. The topological polar surface area (TPSA) is 58.0 Å². The molecule has 1 aliphatic rings. The van der Waals surface area contributed by atoms with Gasteiger partial charge < -0.3 is 10.4 Å². The quantitative estimate of drug-likeness (QED) is 0.814. The molecule has 0 atom stereocenters. The SMILES string of the molecule is OCC1(CNc2cncnc2)CCCCC1. The van der Waals surface area contributed by atoms with Crippen molar-refractivity contribution in [2.45, 2.75) is 32.1 Å². The van der Waals surface area contributed by atoms with E-state index in [4.69, 9.17) is 0 Å². The van der Waals surface area contributed by atoms with Gasteiger partial charge in [-0.3, -0.25) is 0 Å². The highest BCUT2D eigenvalue weighted by Crippen LogP contribution is 2.35. The van der Waals surface area contributed by atoms with Crippen LogP contribution in [0.15, 0.2) is 18.7 Å². The molecule has 1 aromatic heterocycles. The van der Waals surface area contributed by atoms with Crippen LogP contribution in [0.5, 0.6) is 0 Å². The third kappa shape index (κ3) is 2.70. The summed E-state index contributed by atoms with van der Waals surface area (Å²) in [5.41, 5.74) is 0.995. The van der Waals surface area contributed by atoms with Crippen LogP contribution in [-0.2, 0) is 0 Å². The van der Waals surface area contributed by atoms with Crippen molar-refractivity contribution in [3.63, 3.8) is 0 Å². The first-order chi connectivity index (χ1) is 7.85. The van der Waals surface area contributed by atoms with Gasteiger partial charge in [-0.2, -0.15) is 0 Å². The monoisotopic (exact) mass is 221 g/mol. The molecule has 0 aromatic carbocycles. The Morgan fingerprint density at radius 1 is 1.19 bits per heavy atom. The molecule has 4 heteroatoms. The fourth-order valence-corrected chi connectivity index (χ4v) is 2.37. The number of anilines is 1. The van der Waals surface area contributed by atoms with Gasteiger partial charge in [-0.1, -0.05) is 19.3 Å². The molecule has 0 spiro atoms. The summed E-state index contributed by atoms with van der Waals surface area (Å²) in [7, 11) is 0. The second-order valence-corrected chi connectivity index (χ2v) is 4.70. The number of hydrogen-bond acceptors (Lipinski definition) is 4. The van der Waals surface area contributed by atoms with Crippen LogP contribution in [0.1, 0.15) is 32.1 Å². The Kier molecular flexibility index (Phi) is 3.72. The highest BCUT2D eigenvalue weighted by molar-refractivity contribution is 5.37. The highest BCUT2D eigenvalue weighted by atomic mass is 16.3. The van der Waals surface area contributed by atoms with Crippen molar-refractivity contribution in [1.29, 1.82) is 0 Å². The maximum absolute atomic E-state index is 9.55. The van der Waals surface area contributed by atoms with E-state index < -0.39 is 0 Å². The van der Waals surface area contributed by atoms with Gasteiger partial charge in [0.1, 0.15) is 6.33 Å². The summed E-state index contributed by atoms with van der Waals surface area (Å²) in [4.78, 5) is 7.92. The molecule has 1 fully saturated rings. The largest absolute Gasteiger partial charge is 0.396 e. The molecule has 0 radical (unpaired) electrons. The van der Waals surface area contributed by atoms with E-state index in [0.717, 1.165) is 25.1 Å². The third-order valence-corrected chi connectivity index (χ3v) is 3.48. The van der Waals surface area contributed by atoms with Gasteiger partial charge in [-0.25, -0.2) is 9.97 Å². The average Bonchev–Trinajstić information content (AvgIpc) is 2.39. The molecule has 0 aliphatic heterocycles. The molecule has 0 saturated heterocycles. The molecule has 0 amide bonds. The Morgan fingerprint density at radius 2 is 1.88 bits per heavy atom. The van der Waals surface area contributed by atoms with E-state index >= 15 is 0 Å². The predicted molar refractivity (Wildman–Crippen MR) is 63.1 cm³/mol. The Balaban J connectivity index is 1.92. The van der Waals surface area contributed by atoms with E-state index in [1.807, 2.05) is 0 Å². The molecular weight excluding hydrogens is 202 g/mol. The van der Waals surface area contributed by atoms with E-state index in [1.165, 1.54) is 25.6 Å². The lowest BCUT2D eigenvalue weighted by Gasteiger charge is -2.35. The Bertz CT molecular complexity index is 309. The minimum absolute atomic E-state index is 0.0636. The number of aliphatic hydroxyl groups excluding tert-OH is 1. The average molecular weight is 221 g/mol. The van der Waals surface area contributed by atoms with Gasteiger partial charge in [0, 0.05) is 12.0 Å². The van der Waals surface area contributed by atoms with Gasteiger partial charge in [0.25, 0.3) is 0 Å². The maximum Gasteiger partial charge on any atom is 0.115 e. The summed E-state index contributed by atoms with van der Waals surface area (Å²) < 4.78 is 0. The van der Waals surface area contributed by atoms with Crippen LogP contribution < -0.4 is 5.32 Å². The number of nitrogens with one attached hydrogen (secondary N) is 1. The summed E-state index contributed by atoms with van der Waals surface area (Å²) in [5.74, 6) is 0. The number of nitrogens with zero attached hydrogens (tertiary/aromatic N) is 2. The lowest BCUT2D eigenvalue weighted by atomic mass is 9.74. The fourth-order valence-electron chi connectivity index (χ4n) is 2.37. The van der Waals surface area contributed by atoms with E-state index in [9.17, 15) is 5.11 Å². The molecule has 4 nitrogen and oxygen atoms in total. The Labute approximate surface area is 96.1 Å². The normalized spacial score (nSPS) is 19.3. The lowest BCUT2D eigenvalue weighted by Crippen LogP contribution is -2.35. The molecule has 0 unspecified atom stereocenters. The van der Waals surface area contributed by atoms with Crippen LogP contribution in [0.2, 0.25) is 0 Å². The first kappa shape index (κ1) is 11.3. The fraction of sp³-hybridized carbons (Fsp3) is 0.667. The second-order valence-electron chi connectivity index (χ2n) is 4.70. The van der Waals surface area contributed by atoms with Crippen molar-refractivity contribution >= 4 is 5.69 Å². The molecule has 1 saturated carbocycles. The Hall–Kier alpha value is -1.16. The van der Waals surface area contributed by atoms with Crippen molar-refractivity contribution in [2.24, 2.45) is 5.41 Å². The van der Waals surface area contributed by atoms with Crippen LogP contribution >= 0.6 is 0 Å². The number of rotatable bonds is 4. The lowest BCUT2D eigenvalue weighted by molar-refractivity contribution is 0.0944. The zero-order chi connectivity index (χ0) is 11.3. The minimum Gasteiger partial charge on any atom is -0.396 e. The molecular formula is C12H19N3O. The first-order valence-electron chi connectivity index (χ1n) is 5.94. The van der Waals surface area contributed by atoms with Gasteiger partial charge in [-0.05, 0) is 12.8 Å². The van der Waals surface area contributed by atoms with Crippen LogP contribution in [0.3, 0.4) is 0 Å². The van der Waals surface area contributed by atoms with E-state index in [1.54, 1.807) is 12.4 Å². The summed E-state index contributed by atoms with van der Waals surface area (Å²) in [5, 5.41) is 12.9. The molecule has 1 heterocycles. The van der Waals surface area contributed by atoms with Crippen LogP contribution in [0.4, 0.5) is 5.69 Å². The Morgan fingerprint density at radius 3 is 2.50 bits per heavy atom.